The first-order valence-electron chi connectivity index (χ1n) is 5.46. The zero-order chi connectivity index (χ0) is 13.3. The highest BCUT2D eigenvalue weighted by atomic mass is 79.9. The first-order valence-corrected chi connectivity index (χ1v) is 6.26. The number of nitrogens with one attached hydrogen (secondary N) is 1. The van der Waals surface area contributed by atoms with Gasteiger partial charge in [0.15, 0.2) is 11.6 Å². The number of aromatic nitrogens is 2. The summed E-state index contributed by atoms with van der Waals surface area (Å²) in [6.45, 7) is 4.43. The van der Waals surface area contributed by atoms with Crippen LogP contribution < -0.4 is 5.32 Å². The van der Waals surface area contributed by atoms with Crippen LogP contribution in [0, 0.1) is 18.6 Å². The third-order valence-electron chi connectivity index (χ3n) is 2.48. The lowest BCUT2D eigenvalue weighted by Gasteiger charge is -2.10. The van der Waals surface area contributed by atoms with E-state index in [0.29, 0.717) is 17.0 Å². The summed E-state index contributed by atoms with van der Waals surface area (Å²) in [4.78, 5) is 4.19. The van der Waals surface area contributed by atoms with Crippen LogP contribution in [0.1, 0.15) is 12.6 Å². The second-order valence-corrected chi connectivity index (χ2v) is 4.78. The van der Waals surface area contributed by atoms with Gasteiger partial charge >= 0.3 is 0 Å². The van der Waals surface area contributed by atoms with Gasteiger partial charge in [0.2, 0.25) is 5.95 Å². The Kier molecular flexibility index (Phi) is 3.65. The van der Waals surface area contributed by atoms with E-state index in [9.17, 15) is 8.78 Å². The highest BCUT2D eigenvalue weighted by Gasteiger charge is 2.13. The van der Waals surface area contributed by atoms with Crippen molar-refractivity contribution in [2.75, 3.05) is 5.32 Å². The van der Waals surface area contributed by atoms with Crippen LogP contribution in [0.3, 0.4) is 0 Å². The minimum absolute atomic E-state index is 0.196. The normalized spacial score (nSPS) is 10.7. The molecular weight excluding hydrogens is 304 g/mol. The van der Waals surface area contributed by atoms with Gasteiger partial charge in [-0.05, 0) is 26.0 Å². The van der Waals surface area contributed by atoms with Crippen molar-refractivity contribution in [2.24, 2.45) is 0 Å². The molecule has 0 aliphatic rings. The molecule has 0 fully saturated rings. The number of benzene rings is 1. The minimum Gasteiger partial charge on any atom is -0.321 e. The molecule has 1 aromatic carbocycles. The fourth-order valence-corrected chi connectivity index (χ4v) is 2.06. The lowest BCUT2D eigenvalue weighted by atomic mass is 10.3. The lowest BCUT2D eigenvalue weighted by Crippen LogP contribution is -2.04. The first-order chi connectivity index (χ1) is 8.51. The second-order valence-electron chi connectivity index (χ2n) is 3.86. The van der Waals surface area contributed by atoms with Crippen molar-refractivity contribution in [2.45, 2.75) is 20.4 Å². The van der Waals surface area contributed by atoms with Crippen LogP contribution in [-0.2, 0) is 6.54 Å². The van der Waals surface area contributed by atoms with Gasteiger partial charge in [0.1, 0.15) is 5.69 Å². The van der Waals surface area contributed by atoms with Crippen molar-refractivity contribution in [3.63, 3.8) is 0 Å². The number of hydrogen-bond donors (Lipinski definition) is 1. The maximum Gasteiger partial charge on any atom is 0.207 e. The van der Waals surface area contributed by atoms with Gasteiger partial charge in [-0.25, -0.2) is 13.8 Å². The Morgan fingerprint density at radius 1 is 1.33 bits per heavy atom. The SMILES string of the molecule is CCn1cc(C)nc1Nc1c(F)cc(Br)cc1F. The Bertz CT molecular complexity index is 558. The summed E-state index contributed by atoms with van der Waals surface area (Å²) in [5.74, 6) is -0.898. The molecule has 0 saturated heterocycles. The summed E-state index contributed by atoms with van der Waals surface area (Å²) in [5, 5.41) is 2.69. The fraction of sp³-hybridized carbons (Fsp3) is 0.250. The van der Waals surface area contributed by atoms with Crippen LogP contribution in [0.2, 0.25) is 0 Å². The van der Waals surface area contributed by atoms with E-state index in [1.54, 1.807) is 4.57 Å². The summed E-state index contributed by atoms with van der Waals surface area (Å²) < 4.78 is 29.5. The molecule has 0 saturated carbocycles. The molecule has 0 amide bonds. The number of rotatable bonds is 3. The molecular formula is C12H12BrF2N3. The van der Waals surface area contributed by atoms with Gasteiger partial charge in [0, 0.05) is 17.2 Å². The van der Waals surface area contributed by atoms with Crippen LogP contribution in [0.25, 0.3) is 0 Å². The second kappa shape index (κ2) is 5.06. The predicted molar refractivity (Wildman–Crippen MR) is 70.0 cm³/mol. The molecule has 2 aromatic rings. The van der Waals surface area contributed by atoms with Gasteiger partial charge in [-0.2, -0.15) is 0 Å². The first kappa shape index (κ1) is 13.0. The molecule has 18 heavy (non-hydrogen) atoms. The van der Waals surface area contributed by atoms with Gasteiger partial charge in [0.25, 0.3) is 0 Å². The zero-order valence-electron chi connectivity index (χ0n) is 9.97. The van der Waals surface area contributed by atoms with Crippen LogP contribution in [0.4, 0.5) is 20.4 Å². The van der Waals surface area contributed by atoms with Crippen molar-refractivity contribution in [1.29, 1.82) is 0 Å². The molecule has 1 aromatic heterocycles. The largest absolute Gasteiger partial charge is 0.321 e. The number of imidazole rings is 1. The Morgan fingerprint density at radius 2 is 1.94 bits per heavy atom. The molecule has 0 unspecified atom stereocenters. The molecule has 6 heteroatoms. The molecule has 1 N–H and O–H groups in total. The smallest absolute Gasteiger partial charge is 0.207 e. The molecule has 3 nitrogen and oxygen atoms in total. The molecule has 0 bridgehead atoms. The summed E-state index contributed by atoms with van der Waals surface area (Å²) in [6.07, 6.45) is 1.82. The van der Waals surface area contributed by atoms with E-state index in [4.69, 9.17) is 0 Å². The maximum atomic E-state index is 13.7. The molecule has 0 atom stereocenters. The van der Waals surface area contributed by atoms with Crippen molar-refractivity contribution >= 4 is 27.6 Å². The highest BCUT2D eigenvalue weighted by molar-refractivity contribution is 9.10. The summed E-state index contributed by atoms with van der Waals surface area (Å²) >= 11 is 3.04. The van der Waals surface area contributed by atoms with Crippen molar-refractivity contribution in [1.82, 2.24) is 9.55 Å². The standard InChI is InChI=1S/C12H12BrF2N3/c1-3-18-6-7(2)16-12(18)17-11-9(14)4-8(13)5-10(11)15/h4-6H,3H2,1-2H3,(H,16,17). The third-order valence-corrected chi connectivity index (χ3v) is 2.94. The molecule has 0 spiro atoms. The minimum atomic E-state index is -0.662. The average Bonchev–Trinajstić information content (AvgIpc) is 2.64. The molecule has 1 heterocycles. The van der Waals surface area contributed by atoms with E-state index in [-0.39, 0.29) is 5.69 Å². The monoisotopic (exact) mass is 315 g/mol. The predicted octanol–water partition coefficient (Wildman–Crippen LogP) is 4.00. The number of hydrogen-bond acceptors (Lipinski definition) is 2. The van der Waals surface area contributed by atoms with Crippen LogP contribution in [0.15, 0.2) is 22.8 Å². The van der Waals surface area contributed by atoms with E-state index >= 15 is 0 Å². The molecule has 2 rings (SSSR count). The van der Waals surface area contributed by atoms with Gasteiger partial charge < -0.3 is 9.88 Å². The van der Waals surface area contributed by atoms with E-state index in [1.807, 2.05) is 20.0 Å². The van der Waals surface area contributed by atoms with E-state index in [2.05, 4.69) is 26.2 Å². The molecule has 96 valence electrons. The van der Waals surface area contributed by atoms with E-state index in [1.165, 1.54) is 12.1 Å². The number of anilines is 2. The van der Waals surface area contributed by atoms with E-state index in [0.717, 1.165) is 5.69 Å². The van der Waals surface area contributed by atoms with Gasteiger partial charge in [-0.1, -0.05) is 15.9 Å². The quantitative estimate of drug-likeness (QED) is 0.928. The highest BCUT2D eigenvalue weighted by Crippen LogP contribution is 2.26. The topological polar surface area (TPSA) is 29.9 Å². The Morgan fingerprint density at radius 3 is 2.50 bits per heavy atom. The zero-order valence-corrected chi connectivity index (χ0v) is 11.6. The summed E-state index contributed by atoms with van der Waals surface area (Å²) in [7, 11) is 0. The molecule has 0 aliphatic carbocycles. The number of halogens is 3. The maximum absolute atomic E-state index is 13.7. The van der Waals surface area contributed by atoms with Crippen molar-refractivity contribution in [3.05, 3.63) is 40.1 Å². The van der Waals surface area contributed by atoms with Crippen LogP contribution in [-0.4, -0.2) is 9.55 Å². The molecule has 0 radical (unpaired) electrons. The average molecular weight is 316 g/mol. The molecule has 0 aliphatic heterocycles. The Hall–Kier alpha value is -1.43. The van der Waals surface area contributed by atoms with Crippen LogP contribution in [0.5, 0.6) is 0 Å². The van der Waals surface area contributed by atoms with Crippen molar-refractivity contribution < 1.29 is 8.78 Å². The Labute approximate surface area is 112 Å². The van der Waals surface area contributed by atoms with E-state index < -0.39 is 11.6 Å². The van der Waals surface area contributed by atoms with Gasteiger partial charge in [0.05, 0.1) is 5.69 Å². The van der Waals surface area contributed by atoms with Crippen LogP contribution >= 0.6 is 15.9 Å². The number of aryl methyl sites for hydroxylation is 2. The lowest BCUT2D eigenvalue weighted by molar-refractivity contribution is 0.588. The van der Waals surface area contributed by atoms with Crippen molar-refractivity contribution in [3.8, 4) is 0 Å². The fourth-order valence-electron chi connectivity index (χ4n) is 1.66. The Balaban J connectivity index is 2.39. The van der Waals surface area contributed by atoms with Gasteiger partial charge in [-0.15, -0.1) is 0 Å². The summed E-state index contributed by atoms with van der Waals surface area (Å²) in [5.41, 5.74) is 0.593. The summed E-state index contributed by atoms with van der Waals surface area (Å²) in [6, 6.07) is 2.41. The number of nitrogens with zero attached hydrogens (tertiary/aromatic N) is 2. The van der Waals surface area contributed by atoms with Gasteiger partial charge in [-0.3, -0.25) is 0 Å². The third kappa shape index (κ3) is 2.53.